The molecule has 9 atom stereocenters. The van der Waals surface area contributed by atoms with Crippen molar-refractivity contribution in [2.45, 2.75) is 268 Å². The highest BCUT2D eigenvalue weighted by molar-refractivity contribution is 5.80. The molecule has 1 aliphatic heterocycles. The Kier molecular flexibility index (Phi) is 37.0. The van der Waals surface area contributed by atoms with Gasteiger partial charge in [0, 0.05) is 0 Å². The fraction of sp³-hybridized carbons (Fsp3) is 0.898. The van der Waals surface area contributed by atoms with Gasteiger partial charge in [0.15, 0.2) is 6.29 Å². The molecule has 0 saturated carbocycles. The van der Waals surface area contributed by atoms with E-state index in [1.165, 1.54) is 109 Å². The Morgan fingerprint density at radius 2 is 0.967 bits per heavy atom. The molecule has 1 heterocycles. The molecule has 0 aromatic carbocycles. The fourth-order valence-electron chi connectivity index (χ4n) is 7.84. The number of rotatable bonds is 41. The molecule has 1 rings (SSSR count). The second-order valence-corrected chi connectivity index (χ2v) is 17.5. The van der Waals surface area contributed by atoms with E-state index in [-0.39, 0.29) is 6.42 Å². The lowest BCUT2D eigenvalue weighted by molar-refractivity contribution is -0.303. The van der Waals surface area contributed by atoms with Crippen LogP contribution in [0.3, 0.4) is 0 Å². The van der Waals surface area contributed by atoms with Crippen LogP contribution in [0.1, 0.15) is 213 Å². The van der Waals surface area contributed by atoms with E-state index < -0.39 is 74.2 Å². The van der Waals surface area contributed by atoms with Crippen LogP contribution in [0.2, 0.25) is 0 Å². The Labute approximate surface area is 365 Å². The van der Waals surface area contributed by atoms with Gasteiger partial charge < -0.3 is 50.5 Å². The van der Waals surface area contributed by atoms with E-state index in [1.54, 1.807) is 0 Å². The third-order valence-electron chi connectivity index (χ3n) is 12.0. The Morgan fingerprint density at radius 1 is 0.567 bits per heavy atom. The van der Waals surface area contributed by atoms with Gasteiger partial charge in [-0.2, -0.15) is 0 Å². The van der Waals surface area contributed by atoms with Gasteiger partial charge >= 0.3 is 0 Å². The molecule has 8 N–H and O–H groups in total. The van der Waals surface area contributed by atoms with Gasteiger partial charge in [0.05, 0.1) is 25.4 Å². The molecular formula is C49H93NO10. The minimum absolute atomic E-state index is 0.258. The zero-order valence-corrected chi connectivity index (χ0v) is 38.2. The monoisotopic (exact) mass is 856 g/mol. The lowest BCUT2D eigenvalue weighted by Crippen LogP contribution is -2.60. The maximum Gasteiger partial charge on any atom is 0.249 e. The summed E-state index contributed by atoms with van der Waals surface area (Å²) in [6.45, 7) is 3.42. The van der Waals surface area contributed by atoms with Crippen LogP contribution < -0.4 is 5.32 Å². The average Bonchev–Trinajstić information content (AvgIpc) is 3.25. The minimum Gasteiger partial charge on any atom is -0.394 e. The summed E-state index contributed by atoms with van der Waals surface area (Å²) in [4.78, 5) is 13.1. The summed E-state index contributed by atoms with van der Waals surface area (Å²) >= 11 is 0. The summed E-state index contributed by atoms with van der Waals surface area (Å²) in [6.07, 6.45) is 32.1. The third-order valence-corrected chi connectivity index (χ3v) is 12.0. The topological polar surface area (TPSA) is 189 Å². The number of amides is 1. The smallest absolute Gasteiger partial charge is 0.249 e. The molecule has 1 aliphatic rings. The molecule has 11 nitrogen and oxygen atoms in total. The summed E-state index contributed by atoms with van der Waals surface area (Å²) in [5.74, 6) is -0.701. The molecule has 0 bridgehead atoms. The highest BCUT2D eigenvalue weighted by Crippen LogP contribution is 2.23. The molecule has 60 heavy (non-hydrogen) atoms. The highest BCUT2D eigenvalue weighted by atomic mass is 16.7. The van der Waals surface area contributed by atoms with E-state index in [1.807, 2.05) is 0 Å². The van der Waals surface area contributed by atoms with Gasteiger partial charge in [-0.05, 0) is 64.2 Å². The zero-order chi connectivity index (χ0) is 44.1. The SMILES string of the molecule is CCCCCCC=CCCCCCCCCCCCCCC(O)C(=O)NC(COC1OC(CO)C(O)C(O)C1O)C(O)C(O)CCCCCCCCC=CCCCCCC. The summed E-state index contributed by atoms with van der Waals surface area (Å²) in [5.41, 5.74) is 0. The summed E-state index contributed by atoms with van der Waals surface area (Å²) in [5, 5.41) is 75.8. The molecule has 11 heteroatoms. The van der Waals surface area contributed by atoms with E-state index in [4.69, 9.17) is 9.47 Å². The first-order valence-corrected chi connectivity index (χ1v) is 24.7. The maximum absolute atomic E-state index is 13.1. The number of allylic oxidation sites excluding steroid dienone is 4. The van der Waals surface area contributed by atoms with E-state index in [0.717, 1.165) is 64.2 Å². The Morgan fingerprint density at radius 3 is 1.40 bits per heavy atom. The predicted octanol–water partition coefficient (Wildman–Crippen LogP) is 8.62. The van der Waals surface area contributed by atoms with Crippen LogP contribution in [0.15, 0.2) is 24.3 Å². The lowest BCUT2D eigenvalue weighted by atomic mass is 9.98. The number of aliphatic hydroxyl groups excluding tert-OH is 7. The number of unbranched alkanes of at least 4 members (excludes halogenated alkanes) is 25. The van der Waals surface area contributed by atoms with E-state index in [2.05, 4.69) is 43.5 Å². The van der Waals surface area contributed by atoms with Crippen LogP contribution in [-0.4, -0.2) is 110 Å². The van der Waals surface area contributed by atoms with Crippen LogP contribution in [0.5, 0.6) is 0 Å². The van der Waals surface area contributed by atoms with E-state index in [9.17, 15) is 40.5 Å². The van der Waals surface area contributed by atoms with Gasteiger partial charge in [0.2, 0.25) is 5.91 Å². The van der Waals surface area contributed by atoms with Gasteiger partial charge in [-0.3, -0.25) is 4.79 Å². The first-order valence-electron chi connectivity index (χ1n) is 24.7. The number of carbonyl (C=O) groups is 1. The number of hydrogen-bond acceptors (Lipinski definition) is 10. The average molecular weight is 856 g/mol. The summed E-state index contributed by atoms with van der Waals surface area (Å²) in [6, 6.07) is -1.17. The van der Waals surface area contributed by atoms with Crippen LogP contribution >= 0.6 is 0 Å². The summed E-state index contributed by atoms with van der Waals surface area (Å²) in [7, 11) is 0. The van der Waals surface area contributed by atoms with E-state index in [0.29, 0.717) is 19.3 Å². The second kappa shape index (κ2) is 39.2. The van der Waals surface area contributed by atoms with Crippen molar-refractivity contribution >= 4 is 5.91 Å². The Bertz CT molecular complexity index is 1030. The van der Waals surface area contributed by atoms with Gasteiger partial charge in [0.1, 0.15) is 36.6 Å². The van der Waals surface area contributed by atoms with Crippen molar-refractivity contribution in [2.75, 3.05) is 13.2 Å². The molecule has 0 aromatic heterocycles. The van der Waals surface area contributed by atoms with Crippen molar-refractivity contribution in [1.29, 1.82) is 0 Å². The second-order valence-electron chi connectivity index (χ2n) is 17.5. The van der Waals surface area contributed by atoms with Crippen molar-refractivity contribution in [3.63, 3.8) is 0 Å². The summed E-state index contributed by atoms with van der Waals surface area (Å²) < 4.78 is 11.1. The molecular weight excluding hydrogens is 763 g/mol. The molecule has 9 unspecified atom stereocenters. The van der Waals surface area contributed by atoms with Gasteiger partial charge in [-0.25, -0.2) is 0 Å². The number of hydrogen-bond donors (Lipinski definition) is 8. The quantitative estimate of drug-likeness (QED) is 0.0218. The maximum atomic E-state index is 13.1. The van der Waals surface area contributed by atoms with Crippen LogP contribution in [0, 0.1) is 0 Å². The molecule has 0 spiro atoms. The van der Waals surface area contributed by atoms with Crippen LogP contribution in [-0.2, 0) is 14.3 Å². The molecule has 1 fully saturated rings. The standard InChI is InChI=1S/C49H93NO10/c1-3-5-7-9-11-13-15-17-19-20-21-22-23-25-27-29-31-33-35-37-42(53)48(58)50-40(39-59-49-47(57)46(56)45(55)43(38-51)60-49)44(54)41(52)36-34-32-30-28-26-24-18-16-14-12-10-8-6-4-2/h13-16,40-47,49,51-57H,3-12,17-39H2,1-2H3,(H,50,58). The van der Waals surface area contributed by atoms with Crippen molar-refractivity contribution in [1.82, 2.24) is 5.32 Å². The largest absolute Gasteiger partial charge is 0.394 e. The molecule has 354 valence electrons. The van der Waals surface area contributed by atoms with Crippen molar-refractivity contribution in [2.24, 2.45) is 0 Å². The van der Waals surface area contributed by atoms with Crippen LogP contribution in [0.4, 0.5) is 0 Å². The molecule has 0 aromatic rings. The van der Waals surface area contributed by atoms with Crippen LogP contribution in [0.25, 0.3) is 0 Å². The van der Waals surface area contributed by atoms with Gasteiger partial charge in [-0.15, -0.1) is 0 Å². The zero-order valence-electron chi connectivity index (χ0n) is 38.2. The molecule has 0 aliphatic carbocycles. The first-order chi connectivity index (χ1) is 29.2. The van der Waals surface area contributed by atoms with Gasteiger partial charge in [-0.1, -0.05) is 173 Å². The normalized spacial score (nSPS) is 21.8. The Balaban J connectivity index is 2.41. The Hall–Kier alpha value is -1.41. The predicted molar refractivity (Wildman–Crippen MR) is 242 cm³/mol. The molecule has 1 amide bonds. The first kappa shape index (κ1) is 56.6. The molecule has 1 saturated heterocycles. The third kappa shape index (κ3) is 28.3. The molecule has 0 radical (unpaired) electrons. The fourth-order valence-corrected chi connectivity index (χ4v) is 7.84. The number of carbonyl (C=O) groups excluding carboxylic acids is 1. The minimum atomic E-state index is -1.66. The number of ether oxygens (including phenoxy) is 2. The number of nitrogens with one attached hydrogen (secondary N) is 1. The highest BCUT2D eigenvalue weighted by Gasteiger charge is 2.44. The van der Waals surface area contributed by atoms with Crippen molar-refractivity contribution < 1.29 is 50.0 Å². The number of aliphatic hydroxyl groups is 7. The van der Waals surface area contributed by atoms with Crippen molar-refractivity contribution in [3.05, 3.63) is 24.3 Å². The van der Waals surface area contributed by atoms with Crippen molar-refractivity contribution in [3.8, 4) is 0 Å². The van der Waals surface area contributed by atoms with E-state index >= 15 is 0 Å². The van der Waals surface area contributed by atoms with Gasteiger partial charge in [0.25, 0.3) is 0 Å². The lowest BCUT2D eigenvalue weighted by Gasteiger charge is -2.40.